The fraction of sp³-hybridized carbons (Fsp3) is 0.600. The zero-order valence-electron chi connectivity index (χ0n) is 16.6. The minimum absolute atomic E-state index is 0.0692. The Kier molecular flexibility index (Phi) is 6.01. The molecule has 7 heteroatoms. The highest BCUT2D eigenvalue weighted by atomic mass is 16.5. The summed E-state index contributed by atoms with van der Waals surface area (Å²) in [4.78, 5) is 21.5. The number of ether oxygens (including phenoxy) is 3. The highest BCUT2D eigenvalue weighted by molar-refractivity contribution is 5.85. The molecule has 1 aromatic heterocycles. The number of hydrogen-bond donors (Lipinski definition) is 1. The Bertz CT molecular complexity index is 820. The summed E-state index contributed by atoms with van der Waals surface area (Å²) in [6.07, 6.45) is 3.28. The second-order valence-corrected chi connectivity index (χ2v) is 7.87. The molecular formula is C20H29N3O4. The quantitative estimate of drug-likeness (QED) is 0.836. The van der Waals surface area contributed by atoms with Gasteiger partial charge in [-0.1, -0.05) is 0 Å². The van der Waals surface area contributed by atoms with Crippen molar-refractivity contribution in [2.24, 2.45) is 0 Å². The Labute approximate surface area is 159 Å². The third-order valence-corrected chi connectivity index (χ3v) is 4.69. The highest BCUT2D eigenvalue weighted by Gasteiger charge is 2.22. The van der Waals surface area contributed by atoms with E-state index >= 15 is 0 Å². The number of nitrogens with zero attached hydrogens (tertiary/aromatic N) is 2. The molecule has 0 saturated carbocycles. The average Bonchev–Trinajstić information content (AvgIpc) is 2.62. The number of likely N-dealkylation sites (tertiary alicyclic amines) is 1. The van der Waals surface area contributed by atoms with Crippen LogP contribution in [0.1, 0.15) is 33.6 Å². The lowest BCUT2D eigenvalue weighted by Gasteiger charge is -2.33. The van der Waals surface area contributed by atoms with E-state index in [1.807, 2.05) is 0 Å². The van der Waals surface area contributed by atoms with Crippen molar-refractivity contribution >= 4 is 10.9 Å². The number of H-pyrrole nitrogens is 1. The van der Waals surface area contributed by atoms with Crippen LogP contribution in [-0.4, -0.2) is 59.9 Å². The summed E-state index contributed by atoms with van der Waals surface area (Å²) in [6.45, 7) is 9.78. The molecule has 27 heavy (non-hydrogen) atoms. The van der Waals surface area contributed by atoms with Crippen LogP contribution in [0.3, 0.4) is 0 Å². The molecule has 0 atom stereocenters. The molecule has 1 aliphatic rings. The third-order valence-electron chi connectivity index (χ3n) is 4.69. The van der Waals surface area contributed by atoms with Crippen molar-refractivity contribution in [1.82, 2.24) is 14.9 Å². The molecule has 7 nitrogen and oxygen atoms in total. The van der Waals surface area contributed by atoms with Crippen LogP contribution in [0.4, 0.5) is 0 Å². The number of nitrogens with one attached hydrogen (secondary N) is 1. The first kappa shape index (κ1) is 19.6. The van der Waals surface area contributed by atoms with Gasteiger partial charge in [-0.15, -0.1) is 0 Å². The van der Waals surface area contributed by atoms with Gasteiger partial charge >= 0.3 is 0 Å². The molecule has 1 saturated heterocycles. The molecule has 0 amide bonds. The number of aromatic nitrogens is 2. The molecule has 0 aliphatic carbocycles. The predicted octanol–water partition coefficient (Wildman–Crippen LogP) is 2.59. The van der Waals surface area contributed by atoms with Gasteiger partial charge in [0.25, 0.3) is 5.56 Å². The topological polar surface area (TPSA) is 76.7 Å². The van der Waals surface area contributed by atoms with E-state index in [-0.39, 0.29) is 17.3 Å². The lowest BCUT2D eigenvalue weighted by molar-refractivity contribution is -0.0185. The molecule has 2 aromatic rings. The zero-order chi connectivity index (χ0) is 19.4. The van der Waals surface area contributed by atoms with E-state index in [2.05, 4.69) is 35.6 Å². The van der Waals surface area contributed by atoms with Gasteiger partial charge < -0.3 is 24.1 Å². The van der Waals surface area contributed by atoms with Gasteiger partial charge in [0.1, 0.15) is 23.0 Å². The zero-order valence-corrected chi connectivity index (χ0v) is 16.6. The Balaban J connectivity index is 1.63. The molecule has 0 radical (unpaired) electrons. The van der Waals surface area contributed by atoms with Crippen molar-refractivity contribution < 1.29 is 14.2 Å². The molecule has 1 aromatic carbocycles. The SMILES string of the molecule is COc1cc(OC2CCN(CCOC(C)(C)C)CC2)c2c(=O)[nH]cnc2c1. The van der Waals surface area contributed by atoms with Gasteiger partial charge in [-0.05, 0) is 33.6 Å². The Morgan fingerprint density at radius 2 is 2.00 bits per heavy atom. The molecular weight excluding hydrogens is 346 g/mol. The molecule has 148 valence electrons. The van der Waals surface area contributed by atoms with Crippen molar-refractivity contribution in [2.45, 2.75) is 45.3 Å². The summed E-state index contributed by atoms with van der Waals surface area (Å²) in [5.74, 6) is 1.17. The highest BCUT2D eigenvalue weighted by Crippen LogP contribution is 2.30. The van der Waals surface area contributed by atoms with Crippen molar-refractivity contribution in [3.05, 3.63) is 28.8 Å². The lowest BCUT2D eigenvalue weighted by atomic mass is 10.1. The van der Waals surface area contributed by atoms with Crippen LogP contribution in [0.5, 0.6) is 11.5 Å². The van der Waals surface area contributed by atoms with Gasteiger partial charge in [-0.25, -0.2) is 4.98 Å². The minimum Gasteiger partial charge on any atom is -0.497 e. The van der Waals surface area contributed by atoms with Crippen molar-refractivity contribution in [3.8, 4) is 11.5 Å². The first-order valence-corrected chi connectivity index (χ1v) is 9.44. The summed E-state index contributed by atoms with van der Waals surface area (Å²) in [5.41, 5.74) is 0.273. The van der Waals surface area contributed by atoms with Crippen molar-refractivity contribution in [1.29, 1.82) is 0 Å². The van der Waals surface area contributed by atoms with Crippen LogP contribution < -0.4 is 15.0 Å². The predicted molar refractivity (Wildman–Crippen MR) is 105 cm³/mol. The minimum atomic E-state index is -0.200. The van der Waals surface area contributed by atoms with E-state index in [4.69, 9.17) is 14.2 Å². The summed E-state index contributed by atoms with van der Waals surface area (Å²) in [7, 11) is 1.59. The first-order valence-electron chi connectivity index (χ1n) is 9.44. The summed E-state index contributed by atoms with van der Waals surface area (Å²) < 4.78 is 17.3. The molecule has 3 rings (SSSR count). The van der Waals surface area contributed by atoms with E-state index in [0.29, 0.717) is 22.4 Å². The number of fused-ring (bicyclic) bond motifs is 1. The van der Waals surface area contributed by atoms with Crippen LogP contribution in [0.2, 0.25) is 0 Å². The van der Waals surface area contributed by atoms with Crippen LogP contribution >= 0.6 is 0 Å². The largest absolute Gasteiger partial charge is 0.497 e. The number of rotatable bonds is 6. The van der Waals surface area contributed by atoms with Crippen LogP contribution in [-0.2, 0) is 4.74 Å². The van der Waals surface area contributed by atoms with Crippen LogP contribution in [0, 0.1) is 0 Å². The van der Waals surface area contributed by atoms with Crippen LogP contribution in [0.25, 0.3) is 10.9 Å². The average molecular weight is 375 g/mol. The van der Waals surface area contributed by atoms with Crippen LogP contribution in [0.15, 0.2) is 23.3 Å². The molecule has 1 N–H and O–H groups in total. The summed E-state index contributed by atoms with van der Waals surface area (Å²) >= 11 is 0. The molecule has 2 heterocycles. The second-order valence-electron chi connectivity index (χ2n) is 7.87. The second kappa shape index (κ2) is 8.27. The number of aromatic amines is 1. The van der Waals surface area contributed by atoms with E-state index < -0.39 is 0 Å². The molecule has 0 unspecified atom stereocenters. The molecule has 1 aliphatic heterocycles. The Morgan fingerprint density at radius 3 is 2.67 bits per heavy atom. The van der Waals surface area contributed by atoms with Gasteiger partial charge in [0, 0.05) is 31.8 Å². The number of hydrogen-bond acceptors (Lipinski definition) is 6. The monoisotopic (exact) mass is 375 g/mol. The van der Waals surface area contributed by atoms with E-state index in [1.165, 1.54) is 6.33 Å². The standard InChI is InChI=1S/C20H29N3O4/c1-20(2,3)26-10-9-23-7-5-14(6-8-23)27-17-12-15(25-4)11-16-18(17)19(24)22-13-21-16/h11-14H,5-10H2,1-4H3,(H,21,22,24). The maximum absolute atomic E-state index is 12.3. The maximum Gasteiger partial charge on any atom is 0.262 e. The Morgan fingerprint density at radius 1 is 1.26 bits per heavy atom. The summed E-state index contributed by atoms with van der Waals surface area (Å²) in [6, 6.07) is 3.51. The molecule has 1 fully saturated rings. The van der Waals surface area contributed by atoms with Gasteiger partial charge in [0.05, 0.1) is 31.2 Å². The maximum atomic E-state index is 12.3. The van der Waals surface area contributed by atoms with Crippen molar-refractivity contribution in [3.63, 3.8) is 0 Å². The Hall–Kier alpha value is -2.12. The molecule has 0 spiro atoms. The smallest absolute Gasteiger partial charge is 0.262 e. The van der Waals surface area contributed by atoms with E-state index in [9.17, 15) is 4.79 Å². The van der Waals surface area contributed by atoms with Gasteiger partial charge in [-0.3, -0.25) is 4.79 Å². The third kappa shape index (κ3) is 5.20. The van der Waals surface area contributed by atoms with Crippen molar-refractivity contribution in [2.75, 3.05) is 33.4 Å². The van der Waals surface area contributed by atoms with E-state index in [1.54, 1.807) is 19.2 Å². The van der Waals surface area contributed by atoms with E-state index in [0.717, 1.165) is 39.1 Å². The van der Waals surface area contributed by atoms with Gasteiger partial charge in [-0.2, -0.15) is 0 Å². The lowest BCUT2D eigenvalue weighted by Crippen LogP contribution is -2.40. The van der Waals surface area contributed by atoms with Gasteiger partial charge in [0.2, 0.25) is 0 Å². The normalized spacial score (nSPS) is 16.6. The molecule has 0 bridgehead atoms. The number of piperidine rings is 1. The first-order chi connectivity index (χ1) is 12.9. The fourth-order valence-corrected chi connectivity index (χ4v) is 3.26. The number of benzene rings is 1. The fourth-order valence-electron chi connectivity index (χ4n) is 3.26. The number of methoxy groups -OCH3 is 1. The van der Waals surface area contributed by atoms with Gasteiger partial charge in [0.15, 0.2) is 0 Å². The summed E-state index contributed by atoms with van der Waals surface area (Å²) in [5, 5.41) is 0.472.